The van der Waals surface area contributed by atoms with Gasteiger partial charge < -0.3 is 19.3 Å². The van der Waals surface area contributed by atoms with Crippen LogP contribution in [0.2, 0.25) is 0 Å². The van der Waals surface area contributed by atoms with Gasteiger partial charge in [-0.1, -0.05) is 30.3 Å². The van der Waals surface area contributed by atoms with E-state index in [2.05, 4.69) is 0 Å². The van der Waals surface area contributed by atoms with Crippen molar-refractivity contribution in [2.45, 2.75) is 70.2 Å². The van der Waals surface area contributed by atoms with Crippen LogP contribution in [0.1, 0.15) is 56.9 Å². The lowest BCUT2D eigenvalue weighted by atomic mass is 9.87. The molecular weight excluding hydrogens is 360 g/mol. The molecule has 154 valence electrons. The number of aliphatic hydroxyl groups excluding tert-OH is 1. The van der Waals surface area contributed by atoms with Crippen LogP contribution in [0.3, 0.4) is 0 Å². The SMILES string of the molecule is O=C(OCO[C@H]1CC[C@H](C(=O)OCc2ccccc2)CC1)[C@H]1CC[C@H](O)CC1. The van der Waals surface area contributed by atoms with Crippen LogP contribution in [0.5, 0.6) is 0 Å². The molecule has 6 heteroatoms. The highest BCUT2D eigenvalue weighted by molar-refractivity contribution is 5.72. The van der Waals surface area contributed by atoms with E-state index in [1.165, 1.54) is 0 Å². The summed E-state index contributed by atoms with van der Waals surface area (Å²) in [5.74, 6) is -0.583. The van der Waals surface area contributed by atoms with Gasteiger partial charge in [-0.05, 0) is 56.9 Å². The summed E-state index contributed by atoms with van der Waals surface area (Å²) in [6.07, 6.45) is 5.38. The zero-order valence-electron chi connectivity index (χ0n) is 16.3. The van der Waals surface area contributed by atoms with Crippen molar-refractivity contribution in [2.24, 2.45) is 11.8 Å². The Morgan fingerprint density at radius 2 is 1.39 bits per heavy atom. The molecule has 0 radical (unpaired) electrons. The van der Waals surface area contributed by atoms with E-state index in [0.29, 0.717) is 32.3 Å². The number of hydrogen-bond acceptors (Lipinski definition) is 6. The average molecular weight is 390 g/mol. The molecule has 0 bridgehead atoms. The molecule has 0 unspecified atom stereocenters. The van der Waals surface area contributed by atoms with Gasteiger partial charge >= 0.3 is 11.9 Å². The maximum absolute atomic E-state index is 12.2. The Bertz CT molecular complexity index is 615. The lowest BCUT2D eigenvalue weighted by Crippen LogP contribution is -2.30. The molecule has 0 aliphatic heterocycles. The lowest BCUT2D eigenvalue weighted by Gasteiger charge is -2.28. The van der Waals surface area contributed by atoms with Gasteiger partial charge in [-0.25, -0.2) is 0 Å². The molecule has 1 N–H and O–H groups in total. The Labute approximate surface area is 166 Å². The van der Waals surface area contributed by atoms with E-state index < -0.39 is 0 Å². The molecule has 0 amide bonds. The zero-order chi connectivity index (χ0) is 19.8. The molecule has 1 aromatic rings. The minimum Gasteiger partial charge on any atom is -0.461 e. The Kier molecular flexibility index (Phi) is 7.86. The largest absolute Gasteiger partial charge is 0.461 e. The van der Waals surface area contributed by atoms with Crippen LogP contribution in [0.15, 0.2) is 30.3 Å². The van der Waals surface area contributed by atoms with Crippen molar-refractivity contribution in [3.05, 3.63) is 35.9 Å². The summed E-state index contributed by atoms with van der Waals surface area (Å²) in [5, 5.41) is 9.50. The number of ether oxygens (including phenoxy) is 3. The van der Waals surface area contributed by atoms with Gasteiger partial charge in [0.25, 0.3) is 0 Å². The zero-order valence-corrected chi connectivity index (χ0v) is 16.3. The van der Waals surface area contributed by atoms with E-state index >= 15 is 0 Å². The third-order valence-corrected chi connectivity index (χ3v) is 5.77. The summed E-state index contributed by atoms with van der Waals surface area (Å²) >= 11 is 0. The third kappa shape index (κ3) is 6.31. The summed E-state index contributed by atoms with van der Waals surface area (Å²) < 4.78 is 16.3. The van der Waals surface area contributed by atoms with Gasteiger partial charge in [0.1, 0.15) is 6.61 Å². The van der Waals surface area contributed by atoms with Gasteiger partial charge in [0.2, 0.25) is 0 Å². The normalized spacial score (nSPS) is 27.8. The molecule has 6 nitrogen and oxygen atoms in total. The molecule has 2 saturated carbocycles. The number of carbonyl (C=O) groups is 2. The maximum Gasteiger partial charge on any atom is 0.311 e. The molecule has 0 aromatic heterocycles. The number of carbonyl (C=O) groups excluding carboxylic acids is 2. The maximum atomic E-state index is 12.2. The first-order valence-electron chi connectivity index (χ1n) is 10.3. The predicted octanol–water partition coefficient (Wildman–Crippen LogP) is 3.36. The van der Waals surface area contributed by atoms with Crippen LogP contribution < -0.4 is 0 Å². The van der Waals surface area contributed by atoms with Gasteiger partial charge in [0.15, 0.2) is 6.79 Å². The van der Waals surface area contributed by atoms with Gasteiger partial charge in [0, 0.05) is 0 Å². The molecule has 0 spiro atoms. The van der Waals surface area contributed by atoms with E-state index in [1.54, 1.807) is 0 Å². The number of esters is 2. The highest BCUT2D eigenvalue weighted by Gasteiger charge is 2.29. The van der Waals surface area contributed by atoms with Gasteiger partial charge in [-0.15, -0.1) is 0 Å². The van der Waals surface area contributed by atoms with Crippen molar-refractivity contribution in [1.29, 1.82) is 0 Å². The van der Waals surface area contributed by atoms with Crippen LogP contribution in [-0.4, -0.2) is 36.0 Å². The molecule has 3 rings (SSSR count). The summed E-state index contributed by atoms with van der Waals surface area (Å²) in [5.41, 5.74) is 0.988. The monoisotopic (exact) mass is 390 g/mol. The topological polar surface area (TPSA) is 82.1 Å². The number of rotatable bonds is 7. The van der Waals surface area contributed by atoms with Crippen LogP contribution in [0, 0.1) is 11.8 Å². The fourth-order valence-corrected chi connectivity index (χ4v) is 3.93. The van der Waals surface area contributed by atoms with Crippen molar-refractivity contribution in [1.82, 2.24) is 0 Å². The summed E-state index contributed by atoms with van der Waals surface area (Å²) in [6.45, 7) is 0.274. The summed E-state index contributed by atoms with van der Waals surface area (Å²) in [6, 6.07) is 9.67. The van der Waals surface area contributed by atoms with Gasteiger partial charge in [-0.3, -0.25) is 9.59 Å². The second-order valence-corrected chi connectivity index (χ2v) is 7.82. The molecular formula is C22H30O6. The first-order valence-corrected chi connectivity index (χ1v) is 10.3. The van der Waals surface area contributed by atoms with Crippen LogP contribution >= 0.6 is 0 Å². The minimum absolute atomic E-state index is 0.0131. The van der Waals surface area contributed by atoms with Crippen molar-refractivity contribution < 1.29 is 28.9 Å². The molecule has 0 saturated heterocycles. The molecule has 0 heterocycles. The average Bonchev–Trinajstić information content (AvgIpc) is 2.73. The van der Waals surface area contributed by atoms with Crippen LogP contribution in [0.25, 0.3) is 0 Å². The summed E-state index contributed by atoms with van der Waals surface area (Å²) in [4.78, 5) is 24.3. The standard InChI is InChI=1S/C22H30O6/c23-19-10-6-17(7-11-19)22(25)28-15-27-20-12-8-18(9-13-20)21(24)26-14-16-4-2-1-3-5-16/h1-5,17-20,23H,6-15H2/t17-,18-,19-,20-. The Balaban J connectivity index is 1.28. The molecule has 1 aromatic carbocycles. The van der Waals surface area contributed by atoms with Gasteiger partial charge in [0.05, 0.1) is 24.0 Å². The van der Waals surface area contributed by atoms with Crippen LogP contribution in [0.4, 0.5) is 0 Å². The van der Waals surface area contributed by atoms with E-state index in [4.69, 9.17) is 14.2 Å². The first kappa shape index (κ1) is 20.8. The molecule has 2 aliphatic rings. The smallest absolute Gasteiger partial charge is 0.311 e. The van der Waals surface area contributed by atoms with Crippen LogP contribution in [-0.2, 0) is 30.4 Å². The van der Waals surface area contributed by atoms with Crippen molar-refractivity contribution in [3.8, 4) is 0 Å². The fourth-order valence-electron chi connectivity index (χ4n) is 3.93. The molecule has 28 heavy (non-hydrogen) atoms. The highest BCUT2D eigenvalue weighted by atomic mass is 16.7. The third-order valence-electron chi connectivity index (χ3n) is 5.77. The van der Waals surface area contributed by atoms with Crippen molar-refractivity contribution >= 4 is 11.9 Å². The Hall–Kier alpha value is -1.92. The molecule has 0 atom stereocenters. The Morgan fingerprint density at radius 1 is 0.821 bits per heavy atom. The minimum atomic E-state index is -0.283. The summed E-state index contributed by atoms with van der Waals surface area (Å²) in [7, 11) is 0. The van der Waals surface area contributed by atoms with Gasteiger partial charge in [-0.2, -0.15) is 0 Å². The van der Waals surface area contributed by atoms with E-state index in [1.807, 2.05) is 30.3 Å². The molecule has 2 fully saturated rings. The lowest BCUT2D eigenvalue weighted by molar-refractivity contribution is -0.169. The van der Waals surface area contributed by atoms with E-state index in [9.17, 15) is 14.7 Å². The van der Waals surface area contributed by atoms with Crippen molar-refractivity contribution in [3.63, 3.8) is 0 Å². The quantitative estimate of drug-likeness (QED) is 0.568. The predicted molar refractivity (Wildman–Crippen MR) is 102 cm³/mol. The van der Waals surface area contributed by atoms with Crippen molar-refractivity contribution in [2.75, 3.05) is 6.79 Å². The van der Waals surface area contributed by atoms with E-state index in [0.717, 1.165) is 31.2 Å². The fraction of sp³-hybridized carbons (Fsp3) is 0.636. The highest BCUT2D eigenvalue weighted by Crippen LogP contribution is 2.28. The Morgan fingerprint density at radius 3 is 2.04 bits per heavy atom. The number of benzene rings is 1. The number of aliphatic hydroxyl groups is 1. The first-order chi connectivity index (χ1) is 13.6. The van der Waals surface area contributed by atoms with E-state index in [-0.39, 0.29) is 42.8 Å². The number of hydrogen-bond donors (Lipinski definition) is 1. The second-order valence-electron chi connectivity index (χ2n) is 7.82. The second kappa shape index (κ2) is 10.6. The molecule has 2 aliphatic carbocycles.